The third kappa shape index (κ3) is 6.79. The maximum atomic E-state index is 13.0. The van der Waals surface area contributed by atoms with Gasteiger partial charge < -0.3 is 16.4 Å². The van der Waals surface area contributed by atoms with Gasteiger partial charge in [0.05, 0.1) is 16.3 Å². The highest BCUT2D eigenvalue weighted by Crippen LogP contribution is 2.40. The molecule has 2 rings (SSSR count). The van der Waals surface area contributed by atoms with Crippen molar-refractivity contribution >= 4 is 29.0 Å². The monoisotopic (exact) mass is 413 g/mol. The first-order valence-electron chi connectivity index (χ1n) is 10.1. The second-order valence-corrected chi connectivity index (χ2v) is 10.6. The predicted octanol–water partition coefficient (Wildman–Crippen LogP) is 5.81. The highest BCUT2D eigenvalue weighted by atomic mass is 32.2. The molecule has 0 heterocycles. The number of amides is 1. The summed E-state index contributed by atoms with van der Waals surface area (Å²) in [5.41, 5.74) is 10.4. The molecule has 0 aliphatic carbocycles. The quantitative estimate of drug-likeness (QED) is 0.523. The van der Waals surface area contributed by atoms with E-state index in [4.69, 9.17) is 5.73 Å². The van der Waals surface area contributed by atoms with E-state index < -0.39 is 0 Å². The number of rotatable bonds is 6. The molecule has 2 aromatic carbocycles. The van der Waals surface area contributed by atoms with Gasteiger partial charge in [0, 0.05) is 23.4 Å². The number of carbonyl (C=O) groups excluding carboxylic acids is 1. The Labute approximate surface area is 180 Å². The molecular formula is C24H35N3OS. The molecule has 0 radical (unpaired) electrons. The van der Waals surface area contributed by atoms with Crippen molar-refractivity contribution in [3.63, 3.8) is 0 Å². The smallest absolute Gasteiger partial charge is 0.255 e. The Morgan fingerprint density at radius 3 is 2.24 bits per heavy atom. The normalized spacial score (nSPS) is 12.0. The molecular weight excluding hydrogens is 378 g/mol. The molecule has 2 aromatic rings. The molecule has 0 fully saturated rings. The zero-order valence-electron chi connectivity index (χ0n) is 18.8. The van der Waals surface area contributed by atoms with Crippen molar-refractivity contribution in [1.82, 2.24) is 0 Å². The molecule has 0 bridgehead atoms. The minimum atomic E-state index is -0.105. The summed E-state index contributed by atoms with van der Waals surface area (Å²) in [6.45, 7) is 15.5. The van der Waals surface area contributed by atoms with Crippen LogP contribution < -0.4 is 16.4 Å². The first kappa shape index (κ1) is 23.3. The van der Waals surface area contributed by atoms with Crippen LogP contribution in [0, 0.1) is 6.92 Å². The van der Waals surface area contributed by atoms with E-state index in [0.29, 0.717) is 12.1 Å². The van der Waals surface area contributed by atoms with E-state index in [2.05, 4.69) is 64.3 Å². The second-order valence-electron chi connectivity index (χ2n) is 9.49. The number of hydrogen-bond donors (Lipinski definition) is 3. The van der Waals surface area contributed by atoms with Crippen molar-refractivity contribution in [3.8, 4) is 0 Å². The molecule has 0 unspecified atom stereocenters. The van der Waals surface area contributed by atoms with Crippen LogP contribution in [-0.2, 0) is 5.41 Å². The van der Waals surface area contributed by atoms with Crippen LogP contribution in [0.2, 0.25) is 0 Å². The molecule has 29 heavy (non-hydrogen) atoms. The Morgan fingerprint density at radius 2 is 1.69 bits per heavy atom. The topological polar surface area (TPSA) is 67.2 Å². The fourth-order valence-electron chi connectivity index (χ4n) is 2.95. The van der Waals surface area contributed by atoms with Gasteiger partial charge in [-0.05, 0) is 62.9 Å². The largest absolute Gasteiger partial charge is 0.379 e. The number of anilines is 2. The Bertz CT molecular complexity index is 863. The minimum absolute atomic E-state index is 0.0474. The lowest BCUT2D eigenvalue weighted by atomic mass is 9.86. The van der Waals surface area contributed by atoms with Crippen molar-refractivity contribution in [2.75, 3.05) is 22.9 Å². The number of nitrogens with one attached hydrogen (secondary N) is 2. The van der Waals surface area contributed by atoms with Gasteiger partial charge in [-0.15, -0.1) is 11.8 Å². The van der Waals surface area contributed by atoms with Gasteiger partial charge in [-0.25, -0.2) is 0 Å². The zero-order chi connectivity index (χ0) is 21.8. The maximum absolute atomic E-state index is 13.0. The summed E-state index contributed by atoms with van der Waals surface area (Å²) >= 11 is 1.67. The summed E-state index contributed by atoms with van der Waals surface area (Å²) in [5, 5.41) is 6.78. The molecule has 158 valence electrons. The van der Waals surface area contributed by atoms with E-state index in [1.54, 1.807) is 11.8 Å². The maximum Gasteiger partial charge on any atom is 0.255 e. The van der Waals surface area contributed by atoms with Gasteiger partial charge in [-0.1, -0.05) is 38.5 Å². The number of thioether (sulfide) groups is 1. The number of nitrogens with two attached hydrogens (primary N) is 1. The van der Waals surface area contributed by atoms with Crippen molar-refractivity contribution in [2.45, 2.75) is 64.3 Å². The van der Waals surface area contributed by atoms with Crippen molar-refractivity contribution in [2.24, 2.45) is 5.73 Å². The van der Waals surface area contributed by atoms with E-state index >= 15 is 0 Å². The average molecular weight is 414 g/mol. The van der Waals surface area contributed by atoms with Crippen LogP contribution in [0.1, 0.15) is 63.0 Å². The van der Waals surface area contributed by atoms with Crippen molar-refractivity contribution < 1.29 is 4.79 Å². The number of carbonyl (C=O) groups is 1. The lowest BCUT2D eigenvalue weighted by Crippen LogP contribution is -2.27. The molecule has 0 aliphatic heterocycles. The fourth-order valence-corrected chi connectivity index (χ4v) is 3.80. The van der Waals surface area contributed by atoms with Crippen LogP contribution in [0.4, 0.5) is 11.4 Å². The SMILES string of the molecule is Cc1cccc(C(=O)Nc2cc(C(C)(C)C)cc(NC(C)(C)C)c2SCCN)c1. The third-order valence-electron chi connectivity index (χ3n) is 4.36. The lowest BCUT2D eigenvalue weighted by molar-refractivity contribution is 0.102. The number of aryl methyl sites for hydroxylation is 1. The first-order valence-corrected chi connectivity index (χ1v) is 11.1. The molecule has 0 spiro atoms. The Hall–Kier alpha value is -1.98. The molecule has 0 aliphatic rings. The minimum Gasteiger partial charge on any atom is -0.379 e. The van der Waals surface area contributed by atoms with Crippen LogP contribution in [0.25, 0.3) is 0 Å². The predicted molar refractivity (Wildman–Crippen MR) is 127 cm³/mol. The van der Waals surface area contributed by atoms with Crippen LogP contribution in [-0.4, -0.2) is 23.7 Å². The summed E-state index contributed by atoms with van der Waals surface area (Å²) < 4.78 is 0. The van der Waals surface area contributed by atoms with Crippen LogP contribution in [0.5, 0.6) is 0 Å². The van der Waals surface area contributed by atoms with E-state index in [-0.39, 0.29) is 16.9 Å². The van der Waals surface area contributed by atoms with Gasteiger partial charge >= 0.3 is 0 Å². The standard InChI is InChI=1S/C24H35N3OS/c1-16-9-8-10-17(13-16)22(28)26-19-14-18(23(2,3)4)15-20(27-24(5,6)7)21(19)29-12-11-25/h8-10,13-15,27H,11-12,25H2,1-7H3,(H,26,28). The second kappa shape index (κ2) is 9.23. The van der Waals surface area contributed by atoms with E-state index in [9.17, 15) is 4.79 Å². The highest BCUT2D eigenvalue weighted by Gasteiger charge is 2.22. The molecule has 0 atom stereocenters. The summed E-state index contributed by atoms with van der Waals surface area (Å²) in [6.07, 6.45) is 0. The van der Waals surface area contributed by atoms with Crippen molar-refractivity contribution in [1.29, 1.82) is 0 Å². The lowest BCUT2D eigenvalue weighted by Gasteiger charge is -2.29. The van der Waals surface area contributed by atoms with Crippen LogP contribution in [0.3, 0.4) is 0 Å². The van der Waals surface area contributed by atoms with E-state index in [1.807, 2.05) is 31.2 Å². The van der Waals surface area contributed by atoms with Gasteiger partial charge in [0.2, 0.25) is 0 Å². The number of hydrogen-bond acceptors (Lipinski definition) is 4. The Kier molecular flexibility index (Phi) is 7.41. The van der Waals surface area contributed by atoms with Gasteiger partial charge in [-0.2, -0.15) is 0 Å². The Morgan fingerprint density at radius 1 is 1.03 bits per heavy atom. The summed E-state index contributed by atoms with van der Waals surface area (Å²) in [7, 11) is 0. The van der Waals surface area contributed by atoms with Crippen LogP contribution in [0.15, 0.2) is 41.3 Å². The molecule has 4 N–H and O–H groups in total. The fraction of sp³-hybridized carbons (Fsp3) is 0.458. The molecule has 5 heteroatoms. The van der Waals surface area contributed by atoms with Gasteiger partial charge in [0.15, 0.2) is 0 Å². The van der Waals surface area contributed by atoms with Crippen molar-refractivity contribution in [3.05, 3.63) is 53.1 Å². The summed E-state index contributed by atoms with van der Waals surface area (Å²) in [4.78, 5) is 14.0. The molecule has 4 nitrogen and oxygen atoms in total. The number of benzene rings is 2. The average Bonchev–Trinajstić information content (AvgIpc) is 2.58. The third-order valence-corrected chi connectivity index (χ3v) is 5.53. The van der Waals surface area contributed by atoms with Gasteiger partial charge in [0.1, 0.15) is 0 Å². The first-order chi connectivity index (χ1) is 13.4. The zero-order valence-corrected chi connectivity index (χ0v) is 19.6. The molecule has 0 saturated heterocycles. The van der Waals surface area contributed by atoms with Gasteiger partial charge in [-0.3, -0.25) is 4.79 Å². The Balaban J connectivity index is 2.56. The van der Waals surface area contributed by atoms with Crippen LogP contribution >= 0.6 is 11.8 Å². The van der Waals surface area contributed by atoms with E-state index in [0.717, 1.165) is 27.6 Å². The summed E-state index contributed by atoms with van der Waals surface area (Å²) in [5.74, 6) is 0.678. The van der Waals surface area contributed by atoms with E-state index in [1.165, 1.54) is 5.56 Å². The van der Waals surface area contributed by atoms with Gasteiger partial charge in [0.25, 0.3) is 5.91 Å². The molecule has 0 aromatic heterocycles. The summed E-state index contributed by atoms with van der Waals surface area (Å²) in [6, 6.07) is 11.9. The molecule has 1 amide bonds. The highest BCUT2D eigenvalue weighted by molar-refractivity contribution is 7.99. The molecule has 0 saturated carbocycles.